The molecule has 2 aliphatic heterocycles. The van der Waals surface area contributed by atoms with Crippen molar-refractivity contribution in [1.29, 1.82) is 0 Å². The minimum absolute atomic E-state index is 0.0986. The Balaban J connectivity index is 1.65. The highest BCUT2D eigenvalue weighted by atomic mass is 32.2. The molecule has 8 heteroatoms. The maximum atomic E-state index is 11.9. The van der Waals surface area contributed by atoms with Crippen LogP contribution in [0.1, 0.15) is 32.1 Å². The summed E-state index contributed by atoms with van der Waals surface area (Å²) in [6, 6.07) is -0.296. The molecular weight excluding hydrogens is 304 g/mol. The number of amides is 2. The van der Waals surface area contributed by atoms with E-state index >= 15 is 0 Å². The number of nitrogens with one attached hydrogen (secondary N) is 2. The molecule has 0 bridgehead atoms. The minimum atomic E-state index is -3.17. The maximum Gasteiger partial charge on any atom is 0.315 e. The van der Waals surface area contributed by atoms with Crippen LogP contribution < -0.4 is 10.6 Å². The van der Waals surface area contributed by atoms with Crippen LogP contribution in [0.25, 0.3) is 0 Å². The van der Waals surface area contributed by atoms with Gasteiger partial charge in [-0.15, -0.1) is 0 Å². The SMILES string of the molecule is CS(=O)(=O)N1CCCC(NC(=O)NCCN2CCCCC2)C1. The van der Waals surface area contributed by atoms with E-state index < -0.39 is 10.0 Å². The summed E-state index contributed by atoms with van der Waals surface area (Å²) in [5.41, 5.74) is 0. The van der Waals surface area contributed by atoms with Crippen LogP contribution in [0, 0.1) is 0 Å². The third-order valence-corrected chi connectivity index (χ3v) is 5.62. The number of nitrogens with zero attached hydrogens (tertiary/aromatic N) is 2. The number of carbonyl (C=O) groups excluding carboxylic acids is 1. The molecular formula is C14H28N4O3S. The van der Waals surface area contributed by atoms with Crippen molar-refractivity contribution in [3.63, 3.8) is 0 Å². The van der Waals surface area contributed by atoms with Crippen molar-refractivity contribution in [2.45, 2.75) is 38.1 Å². The highest BCUT2D eigenvalue weighted by Crippen LogP contribution is 2.13. The Kier molecular flexibility index (Phi) is 6.46. The van der Waals surface area contributed by atoms with Gasteiger partial charge in [-0.25, -0.2) is 17.5 Å². The summed E-state index contributed by atoms with van der Waals surface area (Å²) >= 11 is 0. The quantitative estimate of drug-likeness (QED) is 0.753. The number of urea groups is 1. The van der Waals surface area contributed by atoms with E-state index in [1.54, 1.807) is 0 Å². The molecule has 0 aromatic rings. The zero-order chi connectivity index (χ0) is 16.0. The van der Waals surface area contributed by atoms with Gasteiger partial charge >= 0.3 is 6.03 Å². The number of likely N-dealkylation sites (tertiary alicyclic amines) is 1. The van der Waals surface area contributed by atoms with Gasteiger partial charge in [-0.05, 0) is 38.8 Å². The van der Waals surface area contributed by atoms with Gasteiger partial charge in [0.05, 0.1) is 6.26 Å². The molecule has 2 fully saturated rings. The fraction of sp³-hybridized carbons (Fsp3) is 0.929. The Morgan fingerprint density at radius 2 is 1.86 bits per heavy atom. The summed E-state index contributed by atoms with van der Waals surface area (Å²) in [5, 5.41) is 5.76. The number of hydrogen-bond acceptors (Lipinski definition) is 4. The number of piperidine rings is 2. The van der Waals surface area contributed by atoms with Crippen molar-refractivity contribution in [2.75, 3.05) is 45.5 Å². The smallest absolute Gasteiger partial charge is 0.315 e. The van der Waals surface area contributed by atoms with E-state index in [1.807, 2.05) is 0 Å². The largest absolute Gasteiger partial charge is 0.337 e. The van der Waals surface area contributed by atoms with Crippen molar-refractivity contribution in [2.24, 2.45) is 0 Å². The van der Waals surface area contributed by atoms with Crippen LogP contribution in [0.3, 0.4) is 0 Å². The molecule has 0 spiro atoms. The molecule has 2 amide bonds. The second-order valence-electron chi connectivity index (χ2n) is 6.26. The predicted molar refractivity (Wildman–Crippen MR) is 86.3 cm³/mol. The van der Waals surface area contributed by atoms with Crippen molar-refractivity contribution in [3.05, 3.63) is 0 Å². The molecule has 1 unspecified atom stereocenters. The summed E-state index contributed by atoms with van der Waals surface area (Å²) in [7, 11) is -3.17. The van der Waals surface area contributed by atoms with Crippen LogP contribution in [0.2, 0.25) is 0 Å². The van der Waals surface area contributed by atoms with Gasteiger partial charge in [-0.3, -0.25) is 0 Å². The van der Waals surface area contributed by atoms with Crippen LogP contribution in [0.5, 0.6) is 0 Å². The zero-order valence-corrected chi connectivity index (χ0v) is 14.2. The molecule has 7 nitrogen and oxygen atoms in total. The third kappa shape index (κ3) is 5.73. The van der Waals surface area contributed by atoms with Crippen molar-refractivity contribution < 1.29 is 13.2 Å². The summed E-state index contributed by atoms with van der Waals surface area (Å²) in [6.07, 6.45) is 6.62. The first kappa shape index (κ1) is 17.5. The Morgan fingerprint density at radius 1 is 1.14 bits per heavy atom. The van der Waals surface area contributed by atoms with Crippen LogP contribution in [0.4, 0.5) is 4.79 Å². The molecule has 2 heterocycles. The van der Waals surface area contributed by atoms with Crippen LogP contribution in [-0.4, -0.2) is 75.2 Å². The van der Waals surface area contributed by atoms with Gasteiger partial charge in [-0.1, -0.05) is 6.42 Å². The van der Waals surface area contributed by atoms with E-state index in [0.717, 1.165) is 32.5 Å². The highest BCUT2D eigenvalue weighted by molar-refractivity contribution is 7.88. The molecule has 2 rings (SSSR count). The standard InChI is InChI=1S/C14H28N4O3S/c1-22(20,21)18-10-5-6-13(12-18)16-14(19)15-7-11-17-8-3-2-4-9-17/h13H,2-12H2,1H3,(H2,15,16,19). The number of rotatable bonds is 5. The fourth-order valence-electron chi connectivity index (χ4n) is 3.11. The van der Waals surface area contributed by atoms with E-state index in [2.05, 4.69) is 15.5 Å². The molecule has 0 radical (unpaired) electrons. The molecule has 22 heavy (non-hydrogen) atoms. The molecule has 128 valence electrons. The molecule has 2 N–H and O–H groups in total. The predicted octanol–water partition coefficient (Wildman–Crippen LogP) is 0.196. The van der Waals surface area contributed by atoms with Gasteiger partial charge < -0.3 is 15.5 Å². The zero-order valence-electron chi connectivity index (χ0n) is 13.4. The number of hydrogen-bond donors (Lipinski definition) is 2. The normalized spacial score (nSPS) is 24.9. The molecule has 0 aliphatic carbocycles. The molecule has 1 atom stereocenters. The molecule has 2 aliphatic rings. The van der Waals surface area contributed by atoms with Gasteiger partial charge in [0.25, 0.3) is 0 Å². The Labute approximate surface area is 133 Å². The van der Waals surface area contributed by atoms with E-state index in [9.17, 15) is 13.2 Å². The van der Waals surface area contributed by atoms with E-state index in [1.165, 1.54) is 29.8 Å². The van der Waals surface area contributed by atoms with Crippen molar-refractivity contribution in [1.82, 2.24) is 19.8 Å². The first-order valence-corrected chi connectivity index (χ1v) is 10.0. The fourth-order valence-corrected chi connectivity index (χ4v) is 4.02. The lowest BCUT2D eigenvalue weighted by atomic mass is 10.1. The van der Waals surface area contributed by atoms with Crippen LogP contribution in [-0.2, 0) is 10.0 Å². The summed E-state index contributed by atoms with van der Waals surface area (Å²) in [4.78, 5) is 14.3. The second-order valence-corrected chi connectivity index (χ2v) is 8.25. The molecule has 0 saturated carbocycles. The Morgan fingerprint density at radius 3 is 2.55 bits per heavy atom. The average molecular weight is 332 g/mol. The molecule has 0 aromatic carbocycles. The summed E-state index contributed by atoms with van der Waals surface area (Å²) in [5.74, 6) is 0. The number of carbonyl (C=O) groups is 1. The lowest BCUT2D eigenvalue weighted by Gasteiger charge is -2.31. The highest BCUT2D eigenvalue weighted by Gasteiger charge is 2.26. The van der Waals surface area contributed by atoms with Crippen LogP contribution in [0.15, 0.2) is 0 Å². The third-order valence-electron chi connectivity index (χ3n) is 4.35. The minimum Gasteiger partial charge on any atom is -0.337 e. The molecule has 2 saturated heterocycles. The summed E-state index contributed by atoms with van der Waals surface area (Å²) < 4.78 is 24.6. The average Bonchev–Trinajstić information content (AvgIpc) is 2.48. The van der Waals surface area contributed by atoms with E-state index in [0.29, 0.717) is 19.6 Å². The van der Waals surface area contributed by atoms with E-state index in [-0.39, 0.29) is 12.1 Å². The number of sulfonamides is 1. The lowest BCUT2D eigenvalue weighted by Crippen LogP contribution is -2.52. The summed E-state index contributed by atoms with van der Waals surface area (Å²) in [6.45, 7) is 4.68. The Hall–Kier alpha value is -0.860. The monoisotopic (exact) mass is 332 g/mol. The first-order valence-electron chi connectivity index (χ1n) is 8.17. The topological polar surface area (TPSA) is 81.8 Å². The second kappa shape index (κ2) is 8.12. The van der Waals surface area contributed by atoms with Crippen molar-refractivity contribution in [3.8, 4) is 0 Å². The van der Waals surface area contributed by atoms with Gasteiger partial charge in [0.15, 0.2) is 0 Å². The Bertz CT molecular complexity index is 463. The van der Waals surface area contributed by atoms with Gasteiger partial charge in [-0.2, -0.15) is 0 Å². The van der Waals surface area contributed by atoms with Gasteiger partial charge in [0.1, 0.15) is 0 Å². The van der Waals surface area contributed by atoms with Gasteiger partial charge in [0, 0.05) is 32.2 Å². The van der Waals surface area contributed by atoms with E-state index in [4.69, 9.17) is 0 Å². The van der Waals surface area contributed by atoms with Crippen LogP contribution >= 0.6 is 0 Å². The lowest BCUT2D eigenvalue weighted by molar-refractivity contribution is 0.213. The van der Waals surface area contributed by atoms with Crippen molar-refractivity contribution >= 4 is 16.1 Å². The maximum absolute atomic E-state index is 11.9. The molecule has 0 aromatic heterocycles. The first-order chi connectivity index (χ1) is 10.4. The van der Waals surface area contributed by atoms with Gasteiger partial charge in [0.2, 0.25) is 10.0 Å².